The van der Waals surface area contributed by atoms with E-state index in [2.05, 4.69) is 31.6 Å². The van der Waals surface area contributed by atoms with E-state index in [4.69, 9.17) is 38.8 Å². The van der Waals surface area contributed by atoms with E-state index < -0.39 is 31.9 Å². The first-order valence-electron chi connectivity index (χ1n) is 21.9. The van der Waals surface area contributed by atoms with E-state index in [0.29, 0.717) is 82.2 Å². The zero-order chi connectivity index (χ0) is 49.0. The lowest BCUT2D eigenvalue weighted by atomic mass is 9.96. The molecule has 1 unspecified atom stereocenters. The molecular weight excluding hydrogens is 914 g/mol. The molecule has 24 heteroatoms. The Morgan fingerprint density at radius 1 is 0.866 bits per heavy atom. The molecule has 22 nitrogen and oxygen atoms in total. The maximum atomic E-state index is 13.0. The fraction of sp³-hybridized carbons (Fsp3) is 0.605. The topological polar surface area (TPSA) is 274 Å². The molecular formula is C43H68N9O13PS. The van der Waals surface area contributed by atoms with Gasteiger partial charge < -0.3 is 60.5 Å². The van der Waals surface area contributed by atoms with Crippen LogP contribution in [0.2, 0.25) is 0 Å². The van der Waals surface area contributed by atoms with Gasteiger partial charge in [0.25, 0.3) is 11.8 Å². The minimum atomic E-state index is -1.09. The summed E-state index contributed by atoms with van der Waals surface area (Å²) in [5, 5.41) is 16.7. The summed E-state index contributed by atoms with van der Waals surface area (Å²) in [4.78, 5) is 85.9. The Labute approximate surface area is 396 Å². The van der Waals surface area contributed by atoms with Gasteiger partial charge in [-0.05, 0) is 44.3 Å². The second-order valence-electron chi connectivity index (χ2n) is 15.7. The summed E-state index contributed by atoms with van der Waals surface area (Å²) in [6, 6.07) is 3.81. The number of benzene rings is 1. The van der Waals surface area contributed by atoms with E-state index in [-0.39, 0.29) is 86.1 Å². The number of hydrogen-bond acceptors (Lipinski definition) is 16. The molecule has 0 saturated carbocycles. The predicted molar refractivity (Wildman–Crippen MR) is 252 cm³/mol. The van der Waals surface area contributed by atoms with Crippen LogP contribution in [0.15, 0.2) is 36.0 Å². The number of ether oxygens (including phenoxy) is 5. The molecule has 1 aromatic carbocycles. The average molecular weight is 982 g/mol. The number of hydrogen-bond donors (Lipinski definition) is 6. The van der Waals surface area contributed by atoms with E-state index in [0.717, 1.165) is 5.06 Å². The summed E-state index contributed by atoms with van der Waals surface area (Å²) in [5.41, 5.74) is 6.44. The maximum absolute atomic E-state index is 13.0. The average Bonchev–Trinajstić information content (AvgIpc) is 3.94. The van der Waals surface area contributed by atoms with Crippen molar-refractivity contribution in [3.8, 4) is 5.75 Å². The molecule has 3 rings (SSSR count). The maximum Gasteiger partial charge on any atom is 0.275 e. The molecule has 0 aliphatic heterocycles. The third-order valence-electron chi connectivity index (χ3n) is 9.64. The van der Waals surface area contributed by atoms with E-state index in [1.54, 1.807) is 22.7 Å². The van der Waals surface area contributed by atoms with Gasteiger partial charge in [-0.3, -0.25) is 38.0 Å². The van der Waals surface area contributed by atoms with Crippen molar-refractivity contribution in [2.45, 2.75) is 45.6 Å². The van der Waals surface area contributed by atoms with Gasteiger partial charge in [0.05, 0.1) is 85.4 Å². The van der Waals surface area contributed by atoms with Crippen LogP contribution in [0, 0.1) is 5.41 Å². The molecule has 6 amide bonds. The molecule has 0 aliphatic rings. The second-order valence-corrected chi connectivity index (χ2v) is 18.4. The fourth-order valence-corrected chi connectivity index (χ4v) is 7.51. The SMILES string of the molecule is COc1ccc(NC(=O)c2cn3ccsc3n2)cc1C(=O)NCCCC(=O)NCCOCCOCCOCCOCCNC(=O)[C@@H](CCC(=O)N(C)OC)NC(=O)CP(C)OCC(C)(C)CN. The van der Waals surface area contributed by atoms with Crippen molar-refractivity contribution in [3.63, 3.8) is 0 Å². The van der Waals surface area contributed by atoms with Gasteiger partial charge in [-0.25, -0.2) is 10.0 Å². The van der Waals surface area contributed by atoms with Gasteiger partial charge >= 0.3 is 0 Å². The minimum absolute atomic E-state index is 0.0161. The van der Waals surface area contributed by atoms with Gasteiger partial charge in [0.15, 0.2) is 4.96 Å². The molecule has 374 valence electrons. The van der Waals surface area contributed by atoms with E-state index in [9.17, 15) is 28.8 Å². The van der Waals surface area contributed by atoms with Crippen LogP contribution >= 0.6 is 19.5 Å². The number of thiazole rings is 1. The number of nitrogens with one attached hydrogen (secondary N) is 5. The largest absolute Gasteiger partial charge is 0.496 e. The summed E-state index contributed by atoms with van der Waals surface area (Å²) in [6.45, 7) is 9.88. The van der Waals surface area contributed by atoms with Crippen molar-refractivity contribution >= 4 is 65.6 Å². The predicted octanol–water partition coefficient (Wildman–Crippen LogP) is 1.78. The van der Waals surface area contributed by atoms with Crippen molar-refractivity contribution in [2.75, 3.05) is 125 Å². The number of aromatic nitrogens is 2. The molecule has 7 N–H and O–H groups in total. The van der Waals surface area contributed by atoms with Crippen molar-refractivity contribution < 1.29 is 61.8 Å². The number of hydroxylamine groups is 2. The smallest absolute Gasteiger partial charge is 0.275 e. The van der Waals surface area contributed by atoms with Crippen molar-refractivity contribution in [2.24, 2.45) is 11.1 Å². The standard InChI is InChI=1S/C43H68N9O13PS/c1-43(2,29-44)30-65-66(6)28-37(54)49-33(10-12-38(55)51(3)60-5)40(57)47-15-18-62-20-22-64-24-23-63-21-19-61-17-14-45-36(53)8-7-13-46-39(56)32-26-31(9-11-35(32)59-4)48-41(58)34-27-52-16-25-67-42(52)50-34/h9,11,16,25-27,33H,7-8,10,12-15,17-24,28-30,44H2,1-6H3,(H,45,53)(H,46,56)(H,47,57)(H,48,58)(H,49,54)/t33-,66?/m1/s1. The number of carbonyl (C=O) groups is 6. The lowest BCUT2D eigenvalue weighted by Crippen LogP contribution is -2.48. The van der Waals surface area contributed by atoms with Gasteiger partial charge in [0.2, 0.25) is 23.6 Å². The molecule has 0 radical (unpaired) electrons. The summed E-state index contributed by atoms with van der Waals surface area (Å²) < 4.78 is 35.0. The number of nitrogens with zero attached hydrogens (tertiary/aromatic N) is 3. The summed E-state index contributed by atoms with van der Waals surface area (Å²) in [7, 11) is 3.19. The molecule has 2 atom stereocenters. The Bertz CT molecular complexity index is 1970. The molecule has 2 heterocycles. The van der Waals surface area contributed by atoms with Crippen LogP contribution in [-0.4, -0.2) is 176 Å². The van der Waals surface area contributed by atoms with Gasteiger partial charge in [-0.2, -0.15) is 0 Å². The lowest BCUT2D eigenvalue weighted by Gasteiger charge is -2.25. The van der Waals surface area contributed by atoms with E-state index in [1.165, 1.54) is 38.7 Å². The molecule has 3 aromatic rings. The molecule has 0 fully saturated rings. The van der Waals surface area contributed by atoms with Crippen molar-refractivity contribution in [3.05, 3.63) is 47.2 Å². The number of imidazole rings is 1. The van der Waals surface area contributed by atoms with Crippen LogP contribution in [0.1, 0.15) is 60.4 Å². The van der Waals surface area contributed by atoms with Crippen LogP contribution < -0.4 is 37.1 Å². The number of nitrogens with two attached hydrogens (primary N) is 1. The number of fused-ring (bicyclic) bond motifs is 1. The summed E-state index contributed by atoms with van der Waals surface area (Å²) >= 11 is 1.41. The number of carbonyl (C=O) groups excluding carboxylic acids is 6. The highest BCUT2D eigenvalue weighted by atomic mass is 32.1. The fourth-order valence-electron chi connectivity index (χ4n) is 5.65. The number of amides is 6. The quantitative estimate of drug-likeness (QED) is 0.0279. The first-order chi connectivity index (χ1) is 32.2. The minimum Gasteiger partial charge on any atom is -0.496 e. The molecule has 0 aliphatic carbocycles. The zero-order valence-electron chi connectivity index (χ0n) is 39.4. The van der Waals surface area contributed by atoms with Crippen molar-refractivity contribution in [1.29, 1.82) is 0 Å². The molecule has 0 spiro atoms. The van der Waals surface area contributed by atoms with E-state index >= 15 is 0 Å². The second kappa shape index (κ2) is 31.3. The third-order valence-corrected chi connectivity index (χ3v) is 11.7. The monoisotopic (exact) mass is 981 g/mol. The molecule has 2 aromatic heterocycles. The summed E-state index contributed by atoms with van der Waals surface area (Å²) in [5.74, 6) is -1.79. The van der Waals surface area contributed by atoms with Crippen LogP contribution in [0.4, 0.5) is 5.69 Å². The number of anilines is 1. The summed E-state index contributed by atoms with van der Waals surface area (Å²) in [6.07, 6.45) is 4.20. The first-order valence-corrected chi connectivity index (χ1v) is 24.6. The number of methoxy groups -OCH3 is 1. The molecule has 0 bridgehead atoms. The Hall–Kier alpha value is -4.84. The first kappa shape index (κ1) is 56.5. The van der Waals surface area contributed by atoms with Crippen molar-refractivity contribution in [1.82, 2.24) is 35.7 Å². The van der Waals surface area contributed by atoms with Crippen LogP contribution in [-0.2, 0) is 47.5 Å². The molecule has 67 heavy (non-hydrogen) atoms. The Morgan fingerprint density at radius 3 is 2.15 bits per heavy atom. The highest BCUT2D eigenvalue weighted by molar-refractivity contribution is 7.52. The Morgan fingerprint density at radius 2 is 1.52 bits per heavy atom. The Balaban J connectivity index is 1.17. The van der Waals surface area contributed by atoms with Gasteiger partial charge in [0, 0.05) is 76.5 Å². The lowest BCUT2D eigenvalue weighted by molar-refractivity contribution is -0.168. The third kappa shape index (κ3) is 22.2. The van der Waals surface area contributed by atoms with Crippen LogP contribution in [0.25, 0.3) is 4.96 Å². The Kier molecular flexibility index (Phi) is 26.3. The zero-order valence-corrected chi connectivity index (χ0v) is 41.1. The van der Waals surface area contributed by atoms with Gasteiger partial charge in [-0.1, -0.05) is 13.8 Å². The van der Waals surface area contributed by atoms with Crippen LogP contribution in [0.3, 0.4) is 0 Å². The highest BCUT2D eigenvalue weighted by Gasteiger charge is 2.25. The van der Waals surface area contributed by atoms with Crippen LogP contribution in [0.5, 0.6) is 5.75 Å². The van der Waals surface area contributed by atoms with Gasteiger partial charge in [-0.15, -0.1) is 11.3 Å². The number of rotatable bonds is 35. The molecule has 0 saturated heterocycles. The highest BCUT2D eigenvalue weighted by Crippen LogP contribution is 2.34. The van der Waals surface area contributed by atoms with E-state index in [1.807, 2.05) is 32.1 Å². The van der Waals surface area contributed by atoms with Gasteiger partial charge in [0.1, 0.15) is 17.5 Å². The normalized spacial score (nSPS) is 12.3.